The Kier molecular flexibility index (Phi) is 4.77. The molecule has 34 heavy (non-hydrogen) atoms. The standard InChI is InChI=1S/C28H29NO5/c1-33-22-10-6-9-19-24(22)20-14-28(20,27(31)32)15-29-21-13-17(26(30)34-2)11-12-18(21)23(25(19)29)16-7-4-3-5-8-16/h6,9-13,16,20H,3-5,7-8,14-15H2,1-2H3,(H,31,32). The van der Waals surface area contributed by atoms with Crippen molar-refractivity contribution in [3.05, 3.63) is 53.1 Å². The summed E-state index contributed by atoms with van der Waals surface area (Å²) in [5.41, 5.74) is 5.01. The lowest BCUT2D eigenvalue weighted by atomic mass is 9.81. The Hall–Kier alpha value is -3.28. The summed E-state index contributed by atoms with van der Waals surface area (Å²) >= 11 is 0. The molecule has 0 amide bonds. The van der Waals surface area contributed by atoms with Gasteiger partial charge in [0.1, 0.15) is 5.75 Å². The van der Waals surface area contributed by atoms with Crippen LogP contribution >= 0.6 is 0 Å². The number of carbonyl (C=O) groups is 2. The van der Waals surface area contributed by atoms with Crippen LogP contribution in [0.1, 0.15) is 71.8 Å². The fraction of sp³-hybridized carbons (Fsp3) is 0.429. The molecule has 0 radical (unpaired) electrons. The van der Waals surface area contributed by atoms with E-state index in [1.807, 2.05) is 30.3 Å². The molecule has 3 aromatic rings. The molecule has 1 aromatic heterocycles. The number of ether oxygens (including phenoxy) is 2. The zero-order chi connectivity index (χ0) is 23.6. The predicted molar refractivity (Wildman–Crippen MR) is 129 cm³/mol. The van der Waals surface area contributed by atoms with Crippen LogP contribution in [0.2, 0.25) is 0 Å². The summed E-state index contributed by atoms with van der Waals surface area (Å²) < 4.78 is 12.9. The molecular formula is C28H29NO5. The lowest BCUT2D eigenvalue weighted by Crippen LogP contribution is -2.23. The molecule has 1 aliphatic heterocycles. The van der Waals surface area contributed by atoms with Gasteiger partial charge in [-0.15, -0.1) is 0 Å². The van der Waals surface area contributed by atoms with Crippen LogP contribution in [0, 0.1) is 5.41 Å². The third-order valence-electron chi connectivity index (χ3n) is 8.37. The van der Waals surface area contributed by atoms with Crippen LogP contribution in [0.5, 0.6) is 5.75 Å². The monoisotopic (exact) mass is 459 g/mol. The summed E-state index contributed by atoms with van der Waals surface area (Å²) in [5, 5.41) is 11.5. The molecule has 0 saturated heterocycles. The fourth-order valence-corrected chi connectivity index (χ4v) is 6.61. The second kappa shape index (κ2) is 7.62. The number of hydrogen-bond donors (Lipinski definition) is 1. The maximum atomic E-state index is 12.6. The first-order valence-electron chi connectivity index (χ1n) is 12.1. The fourth-order valence-electron chi connectivity index (χ4n) is 6.61. The third kappa shape index (κ3) is 2.87. The Morgan fingerprint density at radius 3 is 2.56 bits per heavy atom. The van der Waals surface area contributed by atoms with Gasteiger partial charge in [0.15, 0.2) is 0 Å². The molecule has 0 bridgehead atoms. The van der Waals surface area contributed by atoms with Crippen LogP contribution in [0.4, 0.5) is 0 Å². The lowest BCUT2D eigenvalue weighted by Gasteiger charge is -2.24. The van der Waals surface area contributed by atoms with Crippen molar-refractivity contribution in [2.75, 3.05) is 14.2 Å². The van der Waals surface area contributed by atoms with E-state index in [-0.39, 0.29) is 11.9 Å². The van der Waals surface area contributed by atoms with Gasteiger partial charge >= 0.3 is 11.9 Å². The Labute approximate surface area is 198 Å². The zero-order valence-electron chi connectivity index (χ0n) is 19.6. The van der Waals surface area contributed by atoms with Crippen LogP contribution < -0.4 is 4.74 Å². The highest BCUT2D eigenvalue weighted by molar-refractivity contribution is 6.00. The number of nitrogens with zero attached hydrogens (tertiary/aromatic N) is 1. The molecule has 3 aliphatic rings. The van der Waals surface area contributed by atoms with E-state index in [1.54, 1.807) is 7.11 Å². The van der Waals surface area contributed by atoms with E-state index in [0.717, 1.165) is 46.3 Å². The molecule has 0 spiro atoms. The second-order valence-corrected chi connectivity index (χ2v) is 10.0. The molecule has 1 N–H and O–H groups in total. The summed E-state index contributed by atoms with van der Waals surface area (Å²) in [4.78, 5) is 25.0. The van der Waals surface area contributed by atoms with Gasteiger partial charge in [0, 0.05) is 34.5 Å². The van der Waals surface area contributed by atoms with Gasteiger partial charge in [-0.25, -0.2) is 4.79 Å². The molecule has 2 unspecified atom stereocenters. The summed E-state index contributed by atoms with van der Waals surface area (Å²) in [6.45, 7) is 0.383. The Morgan fingerprint density at radius 1 is 1.06 bits per heavy atom. The van der Waals surface area contributed by atoms with Crippen LogP contribution in [-0.2, 0) is 16.1 Å². The number of carboxylic acid groups (broad SMARTS) is 1. The Balaban J connectivity index is 1.71. The predicted octanol–water partition coefficient (Wildman–Crippen LogP) is 5.72. The van der Waals surface area contributed by atoms with Crippen molar-refractivity contribution in [2.24, 2.45) is 5.41 Å². The van der Waals surface area contributed by atoms with E-state index in [2.05, 4.69) is 10.6 Å². The minimum atomic E-state index is -0.869. The van der Waals surface area contributed by atoms with Gasteiger partial charge in [-0.2, -0.15) is 0 Å². The number of carboxylic acids is 1. The minimum Gasteiger partial charge on any atom is -0.496 e. The van der Waals surface area contributed by atoms with E-state index in [0.29, 0.717) is 24.4 Å². The highest BCUT2D eigenvalue weighted by Gasteiger charge is 2.64. The van der Waals surface area contributed by atoms with Gasteiger partial charge in [-0.3, -0.25) is 4.79 Å². The van der Waals surface area contributed by atoms with Crippen molar-refractivity contribution in [1.29, 1.82) is 0 Å². The number of hydrogen-bond acceptors (Lipinski definition) is 4. The molecule has 2 aliphatic carbocycles. The molecule has 6 heteroatoms. The largest absolute Gasteiger partial charge is 0.496 e. The molecule has 6 nitrogen and oxygen atoms in total. The van der Waals surface area contributed by atoms with Crippen molar-refractivity contribution in [3.63, 3.8) is 0 Å². The first-order valence-corrected chi connectivity index (χ1v) is 12.1. The minimum absolute atomic E-state index is 0.0888. The van der Waals surface area contributed by atoms with E-state index >= 15 is 0 Å². The first kappa shape index (κ1) is 21.3. The quantitative estimate of drug-likeness (QED) is 0.505. The lowest BCUT2D eigenvalue weighted by molar-refractivity contribution is -0.144. The van der Waals surface area contributed by atoms with E-state index < -0.39 is 11.4 Å². The second-order valence-electron chi connectivity index (χ2n) is 10.0. The maximum absolute atomic E-state index is 12.6. The average Bonchev–Trinajstić information content (AvgIpc) is 3.54. The summed E-state index contributed by atoms with van der Waals surface area (Å²) in [6, 6.07) is 11.8. The first-order chi connectivity index (χ1) is 16.5. The average molecular weight is 460 g/mol. The number of aliphatic carboxylic acids is 1. The van der Waals surface area contributed by atoms with Gasteiger partial charge in [-0.05, 0) is 48.9 Å². The topological polar surface area (TPSA) is 77.8 Å². The number of methoxy groups -OCH3 is 2. The van der Waals surface area contributed by atoms with E-state index in [9.17, 15) is 14.7 Å². The van der Waals surface area contributed by atoms with Gasteiger partial charge in [0.25, 0.3) is 0 Å². The van der Waals surface area contributed by atoms with Gasteiger partial charge in [0.05, 0.1) is 30.9 Å². The molecule has 176 valence electrons. The highest BCUT2D eigenvalue weighted by atomic mass is 16.5. The summed E-state index contributed by atoms with van der Waals surface area (Å²) in [7, 11) is 3.04. The molecule has 2 saturated carbocycles. The molecule has 6 rings (SSSR count). The normalized spacial score (nSPS) is 23.4. The van der Waals surface area contributed by atoms with Crippen molar-refractivity contribution < 1.29 is 24.2 Å². The van der Waals surface area contributed by atoms with Crippen molar-refractivity contribution in [2.45, 2.75) is 56.9 Å². The number of aromatic nitrogens is 1. The van der Waals surface area contributed by atoms with Crippen LogP contribution in [0.15, 0.2) is 36.4 Å². The molecule has 2 aromatic carbocycles. The van der Waals surface area contributed by atoms with Crippen LogP contribution in [0.3, 0.4) is 0 Å². The zero-order valence-corrected chi connectivity index (χ0v) is 19.6. The number of carbonyl (C=O) groups excluding carboxylic acids is 1. The van der Waals surface area contributed by atoms with E-state index in [1.165, 1.54) is 31.9 Å². The Bertz CT molecular complexity index is 1330. The summed E-state index contributed by atoms with van der Waals surface area (Å²) in [6.07, 6.45) is 6.48. The van der Waals surface area contributed by atoms with Gasteiger partial charge in [-0.1, -0.05) is 37.5 Å². The van der Waals surface area contributed by atoms with Gasteiger partial charge in [0.2, 0.25) is 0 Å². The molecule has 2 heterocycles. The van der Waals surface area contributed by atoms with E-state index in [4.69, 9.17) is 9.47 Å². The smallest absolute Gasteiger partial charge is 0.337 e. The van der Waals surface area contributed by atoms with Gasteiger partial charge < -0.3 is 19.1 Å². The maximum Gasteiger partial charge on any atom is 0.337 e. The SMILES string of the molecule is COC(=O)c1ccc2c(C3CCCCC3)c3n(c2c1)CC1(C(=O)O)CC1c1c(OC)cccc1-3. The summed E-state index contributed by atoms with van der Waals surface area (Å²) in [5.74, 6) is -0.0778. The van der Waals surface area contributed by atoms with Crippen molar-refractivity contribution >= 4 is 22.8 Å². The van der Waals surface area contributed by atoms with Crippen molar-refractivity contribution in [3.8, 4) is 17.0 Å². The molecule has 2 fully saturated rings. The van der Waals surface area contributed by atoms with Crippen LogP contribution in [-0.4, -0.2) is 35.8 Å². The molecular weight excluding hydrogens is 430 g/mol. The van der Waals surface area contributed by atoms with Crippen LogP contribution in [0.25, 0.3) is 22.2 Å². The number of benzene rings is 2. The third-order valence-corrected chi connectivity index (χ3v) is 8.37. The Morgan fingerprint density at radius 2 is 1.85 bits per heavy atom. The number of fused-ring (bicyclic) bond motifs is 7. The molecule has 2 atom stereocenters. The highest BCUT2D eigenvalue weighted by Crippen LogP contribution is 2.66. The number of rotatable bonds is 4. The number of esters is 1. The van der Waals surface area contributed by atoms with Crippen molar-refractivity contribution in [1.82, 2.24) is 4.57 Å².